The van der Waals surface area contributed by atoms with Gasteiger partial charge in [0, 0.05) is 39.3 Å². The summed E-state index contributed by atoms with van der Waals surface area (Å²) in [6, 6.07) is 8.15. The molecule has 0 radical (unpaired) electrons. The monoisotopic (exact) mass is 694 g/mol. The van der Waals surface area contributed by atoms with Gasteiger partial charge in [0.2, 0.25) is 6.29 Å². The molecule has 1 aromatic rings. The summed E-state index contributed by atoms with van der Waals surface area (Å²) in [5.74, 6) is 6.92. The minimum atomic E-state index is -0.372. The van der Waals surface area contributed by atoms with Crippen LogP contribution in [0.2, 0.25) is 0 Å². The van der Waals surface area contributed by atoms with Gasteiger partial charge in [0.15, 0.2) is 0 Å². The zero-order valence-corrected chi connectivity index (χ0v) is 32.3. The van der Waals surface area contributed by atoms with E-state index in [1.165, 1.54) is 37.7 Å². The van der Waals surface area contributed by atoms with E-state index < -0.39 is 0 Å². The average molecular weight is 695 g/mol. The third kappa shape index (κ3) is 6.16. The van der Waals surface area contributed by atoms with Gasteiger partial charge in [-0.25, -0.2) is 0 Å². The molecule has 0 bridgehead atoms. The van der Waals surface area contributed by atoms with Crippen LogP contribution in [0.5, 0.6) is 0 Å². The summed E-state index contributed by atoms with van der Waals surface area (Å²) >= 11 is 0. The van der Waals surface area contributed by atoms with Crippen LogP contribution in [0, 0.1) is 65.1 Å². The highest BCUT2D eigenvalue weighted by molar-refractivity contribution is 5.72. The normalized spacial score (nSPS) is 35.9. The maximum absolute atomic E-state index is 12.0. The molecule has 5 nitrogen and oxygen atoms in total. The SMILES string of the molecule is CCCC(C(C)C)C1C=CC(C(C)(OCC(C)C(C)OC2=C3C(O)=c4ccccc4=C4OC(C5=CC=CC6CC56)OC(C34)C3CC23)C(C)C)CC1. The fourth-order valence-corrected chi connectivity index (χ4v) is 10.3. The molecule has 0 spiro atoms. The molecule has 3 fully saturated rings. The first-order chi connectivity index (χ1) is 24.5. The van der Waals surface area contributed by atoms with Crippen molar-refractivity contribution in [2.75, 3.05) is 6.61 Å². The Hall–Kier alpha value is -2.76. The standard InChI is InChI=1S/C46H62O5/c1-9-13-32(25(2)3)29-18-20-31(21-19-29)46(8,26(4)5)48-24-27(6)28(7)49-43-37-23-38(37)44-40-39(43)41(47)33-15-10-11-16-34(33)42(40)50-45(51-44)35-17-12-14-30-22-36(30)35/h10-12,14-18,20,25-32,36-38,40,44-45,47H,9,13,19,21-24H2,1-8H3. The lowest BCUT2D eigenvalue weighted by molar-refractivity contribution is -0.168. The number of aliphatic hydroxyl groups is 1. The third-order valence-electron chi connectivity index (χ3n) is 14.3. The molecule has 13 unspecified atom stereocenters. The Morgan fingerprint density at radius 2 is 1.75 bits per heavy atom. The molecule has 1 saturated heterocycles. The zero-order chi connectivity index (χ0) is 35.8. The molecule has 1 N–H and O–H groups in total. The highest BCUT2D eigenvalue weighted by Gasteiger charge is 2.61. The highest BCUT2D eigenvalue weighted by atomic mass is 16.7. The summed E-state index contributed by atoms with van der Waals surface area (Å²) in [7, 11) is 0. The zero-order valence-electron chi connectivity index (χ0n) is 32.3. The fourth-order valence-electron chi connectivity index (χ4n) is 10.3. The van der Waals surface area contributed by atoms with Gasteiger partial charge >= 0.3 is 0 Å². The number of hydrogen-bond acceptors (Lipinski definition) is 5. The second-order valence-corrected chi connectivity index (χ2v) is 18.0. The minimum Gasteiger partial charge on any atom is -0.507 e. The third-order valence-corrected chi connectivity index (χ3v) is 14.3. The van der Waals surface area contributed by atoms with Crippen LogP contribution in [-0.2, 0) is 18.9 Å². The number of hydrogen-bond donors (Lipinski definition) is 1. The molecule has 6 aliphatic carbocycles. The highest BCUT2D eigenvalue weighted by Crippen LogP contribution is 2.62. The lowest BCUT2D eigenvalue weighted by Gasteiger charge is -2.45. The van der Waals surface area contributed by atoms with Crippen molar-refractivity contribution < 1.29 is 24.1 Å². The van der Waals surface area contributed by atoms with Crippen molar-refractivity contribution in [1.29, 1.82) is 0 Å². The van der Waals surface area contributed by atoms with Gasteiger partial charge in [-0.1, -0.05) is 103 Å². The minimum absolute atomic E-state index is 0.0330. The van der Waals surface area contributed by atoms with Crippen LogP contribution in [-0.4, -0.2) is 35.8 Å². The van der Waals surface area contributed by atoms with Crippen molar-refractivity contribution >= 4 is 11.5 Å². The smallest absolute Gasteiger partial charge is 0.223 e. The van der Waals surface area contributed by atoms with E-state index in [1.807, 2.05) is 18.2 Å². The van der Waals surface area contributed by atoms with Crippen LogP contribution < -0.4 is 10.4 Å². The fraction of sp³-hybridized carbons (Fsp3) is 0.652. The van der Waals surface area contributed by atoms with Gasteiger partial charge in [-0.05, 0) is 87.4 Å². The Labute approximate surface area is 306 Å². The van der Waals surface area contributed by atoms with E-state index in [4.69, 9.17) is 18.9 Å². The number of rotatable bonds is 13. The number of benzene rings is 1. The van der Waals surface area contributed by atoms with Crippen LogP contribution in [0.25, 0.3) is 11.5 Å². The molecule has 1 aliphatic heterocycles. The van der Waals surface area contributed by atoms with E-state index in [9.17, 15) is 5.11 Å². The number of fused-ring (bicyclic) bond motifs is 4. The van der Waals surface area contributed by atoms with Gasteiger partial charge in [0.25, 0.3) is 0 Å². The van der Waals surface area contributed by atoms with Crippen molar-refractivity contribution in [3.05, 3.63) is 82.0 Å². The Balaban J connectivity index is 1.01. The predicted octanol–water partition coefficient (Wildman–Crippen LogP) is 9.00. The van der Waals surface area contributed by atoms with Crippen molar-refractivity contribution in [2.45, 2.75) is 118 Å². The summed E-state index contributed by atoms with van der Waals surface area (Å²) < 4.78 is 27.8. The molecule has 8 rings (SSSR count). The topological polar surface area (TPSA) is 57.2 Å². The molecular weight excluding hydrogens is 633 g/mol. The van der Waals surface area contributed by atoms with Crippen LogP contribution in [0.3, 0.4) is 0 Å². The maximum Gasteiger partial charge on any atom is 0.223 e. The van der Waals surface area contributed by atoms with E-state index >= 15 is 0 Å². The number of allylic oxidation sites excluding steroid dienone is 5. The van der Waals surface area contributed by atoms with Gasteiger partial charge in [0.05, 0.1) is 24.2 Å². The number of ether oxygens (including phenoxy) is 4. The first-order valence-corrected chi connectivity index (χ1v) is 20.5. The van der Waals surface area contributed by atoms with Crippen LogP contribution >= 0.6 is 0 Å². The Morgan fingerprint density at radius 3 is 2.45 bits per heavy atom. The van der Waals surface area contributed by atoms with E-state index in [2.05, 4.69) is 91.8 Å². The van der Waals surface area contributed by atoms with Crippen LogP contribution in [0.1, 0.15) is 93.9 Å². The molecule has 1 aromatic carbocycles. The molecule has 1 heterocycles. The molecule has 276 valence electrons. The van der Waals surface area contributed by atoms with Crippen molar-refractivity contribution in [3.8, 4) is 0 Å². The van der Waals surface area contributed by atoms with Gasteiger partial charge < -0.3 is 24.1 Å². The Kier molecular flexibility index (Phi) is 9.39. The molecule has 2 saturated carbocycles. The average Bonchev–Trinajstić information content (AvgIpc) is 4.07. The van der Waals surface area contributed by atoms with E-state index in [0.717, 1.165) is 39.9 Å². The summed E-state index contributed by atoms with van der Waals surface area (Å²) in [4.78, 5) is 0. The van der Waals surface area contributed by atoms with Crippen LogP contribution in [0.15, 0.2) is 71.6 Å². The molecule has 13 atom stereocenters. The summed E-state index contributed by atoms with van der Waals surface area (Å²) in [6.07, 6.45) is 18.4. The lowest BCUT2D eigenvalue weighted by atomic mass is 9.69. The van der Waals surface area contributed by atoms with Crippen molar-refractivity contribution in [3.63, 3.8) is 0 Å². The van der Waals surface area contributed by atoms with E-state index in [-0.39, 0.29) is 41.9 Å². The van der Waals surface area contributed by atoms with Gasteiger partial charge in [-0.15, -0.1) is 0 Å². The quantitative estimate of drug-likeness (QED) is 0.209. The van der Waals surface area contributed by atoms with Gasteiger partial charge in [-0.3, -0.25) is 0 Å². The summed E-state index contributed by atoms with van der Waals surface area (Å²) in [5.41, 5.74) is 1.91. The Bertz CT molecular complexity index is 1750. The molecule has 5 heteroatoms. The molecule has 51 heavy (non-hydrogen) atoms. The molecule has 0 amide bonds. The van der Waals surface area contributed by atoms with E-state index in [1.54, 1.807) is 0 Å². The maximum atomic E-state index is 12.0. The van der Waals surface area contributed by atoms with Crippen molar-refractivity contribution in [1.82, 2.24) is 0 Å². The largest absolute Gasteiger partial charge is 0.507 e. The predicted molar refractivity (Wildman–Crippen MR) is 203 cm³/mol. The van der Waals surface area contributed by atoms with Gasteiger partial charge in [0.1, 0.15) is 23.4 Å². The first-order valence-electron chi connectivity index (χ1n) is 20.5. The lowest BCUT2D eigenvalue weighted by Crippen LogP contribution is -2.51. The summed E-state index contributed by atoms with van der Waals surface area (Å²) in [6.45, 7) is 19.1. The van der Waals surface area contributed by atoms with Gasteiger partial charge in [-0.2, -0.15) is 0 Å². The molecule has 0 aromatic heterocycles. The number of aliphatic hydroxyl groups excluding tert-OH is 1. The first kappa shape index (κ1) is 35.3. The summed E-state index contributed by atoms with van der Waals surface area (Å²) in [5, 5.41) is 13.8. The molecule has 7 aliphatic rings. The van der Waals surface area contributed by atoms with E-state index in [0.29, 0.717) is 53.8 Å². The molecular formula is C46H62O5. The second-order valence-electron chi connectivity index (χ2n) is 18.0. The second kappa shape index (κ2) is 13.6. The Morgan fingerprint density at radius 1 is 0.961 bits per heavy atom. The van der Waals surface area contributed by atoms with Crippen molar-refractivity contribution in [2.24, 2.45) is 65.1 Å². The van der Waals surface area contributed by atoms with Crippen LogP contribution in [0.4, 0.5) is 0 Å².